The smallest absolute Gasteiger partial charge is 0.410 e. The van der Waals surface area contributed by atoms with Crippen molar-refractivity contribution in [1.82, 2.24) is 29.9 Å². The van der Waals surface area contributed by atoms with Gasteiger partial charge < -0.3 is 15.0 Å². The predicted octanol–water partition coefficient (Wildman–Crippen LogP) is 3.29. The molecule has 1 saturated heterocycles. The van der Waals surface area contributed by atoms with E-state index in [0.717, 1.165) is 34.7 Å². The zero-order valence-electron chi connectivity index (χ0n) is 20.4. The van der Waals surface area contributed by atoms with E-state index in [0.29, 0.717) is 37.4 Å². The summed E-state index contributed by atoms with van der Waals surface area (Å²) in [4.78, 5) is 35.2. The number of nitrogens with zero attached hydrogens (tertiary/aromatic N) is 5. The molecule has 0 saturated carbocycles. The van der Waals surface area contributed by atoms with Crippen LogP contribution in [0.2, 0.25) is 0 Å². The van der Waals surface area contributed by atoms with E-state index in [1.165, 1.54) is 0 Å². The third-order valence-electron chi connectivity index (χ3n) is 5.72. The van der Waals surface area contributed by atoms with Crippen molar-refractivity contribution in [2.45, 2.75) is 33.3 Å². The first-order valence-corrected chi connectivity index (χ1v) is 12.4. The molecule has 0 atom stereocenters. The second kappa shape index (κ2) is 9.71. The van der Waals surface area contributed by atoms with Gasteiger partial charge in [0.05, 0.1) is 27.2 Å². The van der Waals surface area contributed by atoms with Crippen LogP contribution in [0.15, 0.2) is 23.6 Å². The number of pyridine rings is 1. The number of aryl methyl sites for hydroxylation is 2. The summed E-state index contributed by atoms with van der Waals surface area (Å²) in [6.07, 6.45) is -0.268. The normalized spacial score (nSPS) is 15.0. The lowest BCUT2D eigenvalue weighted by Crippen LogP contribution is -2.51. The Hall–Kier alpha value is -2.98. The van der Waals surface area contributed by atoms with Crippen LogP contribution >= 0.6 is 11.3 Å². The number of carbonyl (C=O) groups is 2. The molecule has 1 aliphatic rings. The van der Waals surface area contributed by atoms with Crippen molar-refractivity contribution in [3.05, 3.63) is 34.8 Å². The van der Waals surface area contributed by atoms with Crippen LogP contribution in [-0.2, 0) is 11.8 Å². The summed E-state index contributed by atoms with van der Waals surface area (Å²) in [6.45, 7) is 11.5. The predicted molar refractivity (Wildman–Crippen MR) is 133 cm³/mol. The number of carbonyl (C=O) groups excluding carboxylic acids is 2. The number of piperazine rings is 1. The molecule has 0 unspecified atom stereocenters. The van der Waals surface area contributed by atoms with Gasteiger partial charge in [-0.05, 0) is 45.2 Å². The molecule has 3 aromatic heterocycles. The highest BCUT2D eigenvalue weighted by Crippen LogP contribution is 2.29. The van der Waals surface area contributed by atoms with Gasteiger partial charge in [0, 0.05) is 46.3 Å². The molecule has 1 aliphatic heterocycles. The monoisotopic (exact) mass is 484 g/mol. The van der Waals surface area contributed by atoms with Crippen LogP contribution in [0.4, 0.5) is 4.79 Å². The highest BCUT2D eigenvalue weighted by molar-refractivity contribution is 7.13. The molecule has 9 nitrogen and oxygen atoms in total. The molecule has 1 fully saturated rings. The minimum Gasteiger partial charge on any atom is -0.444 e. The number of rotatable bonds is 5. The summed E-state index contributed by atoms with van der Waals surface area (Å²) in [5.74, 6) is -0.131. The molecule has 0 aromatic carbocycles. The number of nitrogens with one attached hydrogen (secondary N) is 1. The Morgan fingerprint density at radius 3 is 2.59 bits per heavy atom. The quantitative estimate of drug-likeness (QED) is 0.598. The third kappa shape index (κ3) is 5.39. The molecule has 0 radical (unpaired) electrons. The molecule has 0 aliphatic carbocycles. The van der Waals surface area contributed by atoms with Crippen molar-refractivity contribution < 1.29 is 14.3 Å². The van der Waals surface area contributed by atoms with E-state index in [1.54, 1.807) is 20.9 Å². The summed E-state index contributed by atoms with van der Waals surface area (Å²) in [5, 5.41) is 10.3. The number of thiophene rings is 1. The second-order valence-electron chi connectivity index (χ2n) is 9.50. The lowest BCUT2D eigenvalue weighted by molar-refractivity contribution is 0.0147. The summed E-state index contributed by atoms with van der Waals surface area (Å²) < 4.78 is 7.18. The molecule has 4 rings (SSSR count). The molecule has 0 bridgehead atoms. The maximum absolute atomic E-state index is 13.2. The first kappa shape index (κ1) is 24.2. The molecule has 1 N–H and O–H groups in total. The van der Waals surface area contributed by atoms with E-state index in [4.69, 9.17) is 9.72 Å². The van der Waals surface area contributed by atoms with Crippen LogP contribution in [0.1, 0.15) is 36.8 Å². The van der Waals surface area contributed by atoms with Gasteiger partial charge in [-0.1, -0.05) is 6.07 Å². The maximum Gasteiger partial charge on any atom is 0.410 e. The zero-order valence-corrected chi connectivity index (χ0v) is 21.2. The van der Waals surface area contributed by atoms with E-state index in [1.807, 2.05) is 58.3 Å². The van der Waals surface area contributed by atoms with Gasteiger partial charge in [0.2, 0.25) is 0 Å². The Morgan fingerprint density at radius 2 is 1.94 bits per heavy atom. The average molecular weight is 485 g/mol. The Morgan fingerprint density at radius 1 is 1.21 bits per heavy atom. The van der Waals surface area contributed by atoms with Gasteiger partial charge in [0.25, 0.3) is 5.91 Å². The topological polar surface area (TPSA) is 92.6 Å². The number of fused-ring (bicyclic) bond motifs is 1. The highest BCUT2D eigenvalue weighted by atomic mass is 32.1. The minimum atomic E-state index is -0.493. The fourth-order valence-corrected chi connectivity index (χ4v) is 4.76. The fraction of sp³-hybridized carbons (Fsp3) is 0.500. The van der Waals surface area contributed by atoms with Crippen LogP contribution < -0.4 is 5.32 Å². The first-order valence-electron chi connectivity index (χ1n) is 11.5. The number of amides is 2. The highest BCUT2D eigenvalue weighted by Gasteiger charge is 2.26. The molecule has 2 amide bonds. The molecule has 4 heterocycles. The van der Waals surface area contributed by atoms with E-state index in [9.17, 15) is 9.59 Å². The number of hydrogen-bond donors (Lipinski definition) is 1. The average Bonchev–Trinajstić information content (AvgIpc) is 3.41. The number of aromatic nitrogens is 3. The first-order chi connectivity index (χ1) is 16.1. The molecule has 0 spiro atoms. The van der Waals surface area contributed by atoms with Gasteiger partial charge in [0.15, 0.2) is 5.65 Å². The summed E-state index contributed by atoms with van der Waals surface area (Å²) >= 11 is 1.59. The van der Waals surface area contributed by atoms with Gasteiger partial charge >= 0.3 is 6.09 Å². The SMILES string of the molecule is Cc1nn(C)c2nc(-c3cccs3)cc(C(=O)NCCN3CCN(C(=O)OC(C)(C)C)CC3)c12. The van der Waals surface area contributed by atoms with Crippen LogP contribution in [-0.4, -0.2) is 81.4 Å². The maximum atomic E-state index is 13.2. The number of ether oxygens (including phenoxy) is 1. The third-order valence-corrected chi connectivity index (χ3v) is 6.62. The van der Waals surface area contributed by atoms with E-state index in [-0.39, 0.29) is 12.0 Å². The van der Waals surface area contributed by atoms with E-state index >= 15 is 0 Å². The lowest BCUT2D eigenvalue weighted by Gasteiger charge is -2.35. The largest absolute Gasteiger partial charge is 0.444 e. The van der Waals surface area contributed by atoms with E-state index < -0.39 is 5.60 Å². The molecular formula is C24H32N6O3S. The van der Waals surface area contributed by atoms with Crippen molar-refractivity contribution in [1.29, 1.82) is 0 Å². The summed E-state index contributed by atoms with van der Waals surface area (Å²) in [5.41, 5.74) is 2.35. The van der Waals surface area contributed by atoms with Gasteiger partial charge in [-0.15, -0.1) is 11.3 Å². The standard InChI is InChI=1S/C24H32N6O3S/c1-16-20-17(15-18(19-7-6-14-34-19)26-21(20)28(5)27-16)22(31)25-8-9-29-10-12-30(13-11-29)23(32)33-24(2,3)4/h6-7,14-15H,8-13H2,1-5H3,(H,25,31). The fourth-order valence-electron chi connectivity index (χ4n) is 4.08. The molecular weight excluding hydrogens is 452 g/mol. The Labute approximate surface area is 203 Å². The Balaban J connectivity index is 1.38. The van der Waals surface area contributed by atoms with Gasteiger partial charge in [0.1, 0.15) is 5.60 Å². The minimum absolute atomic E-state index is 0.131. The summed E-state index contributed by atoms with van der Waals surface area (Å²) in [6, 6.07) is 5.83. The van der Waals surface area contributed by atoms with E-state index in [2.05, 4.69) is 15.3 Å². The van der Waals surface area contributed by atoms with Crippen molar-refractivity contribution >= 4 is 34.4 Å². The van der Waals surface area contributed by atoms with Crippen molar-refractivity contribution in [3.63, 3.8) is 0 Å². The van der Waals surface area contributed by atoms with Crippen LogP contribution in [0, 0.1) is 6.92 Å². The molecule has 34 heavy (non-hydrogen) atoms. The lowest BCUT2D eigenvalue weighted by atomic mass is 10.1. The van der Waals surface area contributed by atoms with Crippen LogP contribution in [0.3, 0.4) is 0 Å². The van der Waals surface area contributed by atoms with Crippen LogP contribution in [0.5, 0.6) is 0 Å². The van der Waals surface area contributed by atoms with Crippen molar-refractivity contribution in [3.8, 4) is 10.6 Å². The summed E-state index contributed by atoms with van der Waals surface area (Å²) in [7, 11) is 1.85. The van der Waals surface area contributed by atoms with Crippen LogP contribution in [0.25, 0.3) is 21.6 Å². The van der Waals surface area contributed by atoms with Crippen molar-refractivity contribution in [2.24, 2.45) is 7.05 Å². The zero-order chi connectivity index (χ0) is 24.5. The van der Waals surface area contributed by atoms with Gasteiger partial charge in [-0.2, -0.15) is 5.10 Å². The molecule has 10 heteroatoms. The Kier molecular flexibility index (Phi) is 6.90. The Bertz CT molecular complexity index is 1170. The van der Waals surface area contributed by atoms with Crippen molar-refractivity contribution in [2.75, 3.05) is 39.3 Å². The molecule has 3 aromatic rings. The molecule has 182 valence electrons. The van der Waals surface area contributed by atoms with Gasteiger partial charge in [-0.25, -0.2) is 9.78 Å². The number of hydrogen-bond acceptors (Lipinski definition) is 7. The second-order valence-corrected chi connectivity index (χ2v) is 10.5. The van der Waals surface area contributed by atoms with Gasteiger partial charge in [-0.3, -0.25) is 14.4 Å².